The second-order valence-electron chi connectivity index (χ2n) is 10.6. The van der Waals surface area contributed by atoms with Gasteiger partial charge in [-0.1, -0.05) is 42.0 Å². The van der Waals surface area contributed by atoms with Gasteiger partial charge >= 0.3 is 0 Å². The minimum atomic E-state index is -0.599. The predicted molar refractivity (Wildman–Crippen MR) is 138 cm³/mol. The van der Waals surface area contributed by atoms with E-state index in [9.17, 15) is 24.3 Å². The first-order chi connectivity index (χ1) is 17.7. The molecule has 0 spiro atoms. The first-order valence-corrected chi connectivity index (χ1v) is 12.6. The molecule has 6 nitrogen and oxygen atoms in total. The fraction of sp³-hybridized carbons (Fsp3) is 0.290. The summed E-state index contributed by atoms with van der Waals surface area (Å²) in [5.74, 6) is -2.62. The topological polar surface area (TPSA) is 91.8 Å². The van der Waals surface area contributed by atoms with Crippen LogP contribution in [0.2, 0.25) is 0 Å². The van der Waals surface area contributed by atoms with Gasteiger partial charge in [0.15, 0.2) is 11.6 Å². The van der Waals surface area contributed by atoms with Crippen LogP contribution in [-0.2, 0) is 19.2 Å². The number of hydrogen-bond donors (Lipinski definition) is 1. The molecule has 1 fully saturated rings. The Labute approximate surface area is 215 Å². The van der Waals surface area contributed by atoms with Crippen molar-refractivity contribution in [1.82, 2.24) is 0 Å². The van der Waals surface area contributed by atoms with E-state index in [1.54, 1.807) is 31.2 Å². The average Bonchev–Trinajstić information content (AvgIpc) is 3.14. The second-order valence-corrected chi connectivity index (χ2v) is 10.6. The van der Waals surface area contributed by atoms with Crippen molar-refractivity contribution in [1.29, 1.82) is 0 Å². The summed E-state index contributed by atoms with van der Waals surface area (Å²) in [5.41, 5.74) is 4.93. The van der Waals surface area contributed by atoms with Crippen molar-refractivity contribution >= 4 is 29.1 Å². The minimum Gasteiger partial charge on any atom is -0.507 e. The predicted octanol–water partition coefficient (Wildman–Crippen LogP) is 4.64. The number of anilines is 1. The zero-order chi connectivity index (χ0) is 26.2. The number of para-hydroxylation sites is 1. The molecule has 0 saturated carbocycles. The third-order valence-corrected chi connectivity index (χ3v) is 8.43. The van der Waals surface area contributed by atoms with Gasteiger partial charge < -0.3 is 5.11 Å². The lowest BCUT2D eigenvalue weighted by atomic mass is 9.59. The van der Waals surface area contributed by atoms with Crippen molar-refractivity contribution in [3.63, 3.8) is 0 Å². The van der Waals surface area contributed by atoms with Gasteiger partial charge in [-0.15, -0.1) is 0 Å². The highest BCUT2D eigenvalue weighted by Crippen LogP contribution is 2.55. The Balaban J connectivity index is 1.52. The van der Waals surface area contributed by atoms with Crippen molar-refractivity contribution in [2.75, 3.05) is 4.90 Å². The lowest BCUT2D eigenvalue weighted by Gasteiger charge is -2.42. The van der Waals surface area contributed by atoms with Crippen molar-refractivity contribution in [2.24, 2.45) is 17.8 Å². The maximum absolute atomic E-state index is 13.8. The Morgan fingerprint density at radius 2 is 1.57 bits per heavy atom. The van der Waals surface area contributed by atoms with Gasteiger partial charge in [-0.2, -0.15) is 0 Å². The number of imide groups is 1. The second kappa shape index (κ2) is 8.23. The summed E-state index contributed by atoms with van der Waals surface area (Å²) in [5, 5.41) is 10.4. The van der Waals surface area contributed by atoms with Gasteiger partial charge in [-0.25, -0.2) is 0 Å². The Morgan fingerprint density at radius 1 is 0.892 bits per heavy atom. The van der Waals surface area contributed by atoms with Gasteiger partial charge in [-0.05, 0) is 74.4 Å². The van der Waals surface area contributed by atoms with E-state index < -0.39 is 17.8 Å². The fourth-order valence-electron chi connectivity index (χ4n) is 6.73. The molecule has 6 heteroatoms. The van der Waals surface area contributed by atoms with Crippen LogP contribution in [0.4, 0.5) is 5.69 Å². The number of rotatable bonds is 2. The first kappa shape index (κ1) is 23.3. The van der Waals surface area contributed by atoms with Crippen LogP contribution in [0.3, 0.4) is 0 Å². The van der Waals surface area contributed by atoms with Crippen molar-refractivity contribution in [3.8, 4) is 5.75 Å². The molecule has 4 aliphatic rings. The maximum Gasteiger partial charge on any atom is 0.238 e. The van der Waals surface area contributed by atoms with Crippen LogP contribution in [0.5, 0.6) is 5.75 Å². The molecule has 0 radical (unpaired) electrons. The molecule has 2 aromatic carbocycles. The number of Topliss-reactive ketones (excluding diaryl/α,β-unsaturated/α-hetero) is 1. The van der Waals surface area contributed by atoms with Gasteiger partial charge in [0, 0.05) is 22.6 Å². The molecule has 3 aliphatic carbocycles. The number of aromatic hydroxyl groups is 1. The lowest BCUT2D eigenvalue weighted by Crippen LogP contribution is -2.39. The number of fused-ring (bicyclic) bond motifs is 3. The summed E-state index contributed by atoms with van der Waals surface area (Å²) in [4.78, 5) is 55.3. The van der Waals surface area contributed by atoms with Crippen LogP contribution >= 0.6 is 0 Å². The van der Waals surface area contributed by atoms with Gasteiger partial charge in [0.2, 0.25) is 11.8 Å². The molecule has 4 atom stereocenters. The van der Waals surface area contributed by atoms with Crippen molar-refractivity contribution in [3.05, 3.63) is 93.6 Å². The highest BCUT2D eigenvalue weighted by Gasteiger charge is 2.56. The van der Waals surface area contributed by atoms with E-state index in [-0.39, 0.29) is 41.5 Å². The molecule has 4 unspecified atom stereocenters. The molecule has 186 valence electrons. The Morgan fingerprint density at radius 3 is 2.24 bits per heavy atom. The van der Waals surface area contributed by atoms with E-state index in [2.05, 4.69) is 0 Å². The zero-order valence-electron chi connectivity index (χ0n) is 20.9. The standard InChI is InChI=1S/C31H27NO5/c1-15-11-18(12-16(2)28(15)34)25-20-9-10-21-26(31(37)32(30(21)36)19-7-5-4-6-8-19)22(20)14-23-24(33)13-17(3)29(35)27(23)25/h4-9,11-13,21-22,25-26,34H,10,14H2,1-3H3. The SMILES string of the molecule is CC1=CC(=O)C2=C(C1=O)C(c1cc(C)c(O)c(C)c1)C1=CCC3C(=O)N(c4ccccc4)C(=O)C3C1C2. The van der Waals surface area contributed by atoms with Gasteiger partial charge in [-0.3, -0.25) is 24.1 Å². The monoisotopic (exact) mass is 493 g/mol. The third-order valence-electron chi connectivity index (χ3n) is 8.43. The van der Waals surface area contributed by atoms with E-state index in [4.69, 9.17) is 0 Å². The van der Waals surface area contributed by atoms with Crippen LogP contribution in [0.25, 0.3) is 0 Å². The molecule has 0 aromatic heterocycles. The van der Waals surface area contributed by atoms with Gasteiger partial charge in [0.25, 0.3) is 0 Å². The van der Waals surface area contributed by atoms with Crippen LogP contribution < -0.4 is 4.90 Å². The average molecular weight is 494 g/mol. The third kappa shape index (κ3) is 3.31. The van der Waals surface area contributed by atoms with E-state index >= 15 is 0 Å². The number of ketones is 2. The fourth-order valence-corrected chi connectivity index (χ4v) is 6.73. The van der Waals surface area contributed by atoms with E-state index in [0.29, 0.717) is 40.0 Å². The quantitative estimate of drug-likeness (QED) is 0.374. The number of nitrogens with zero attached hydrogens (tertiary/aromatic N) is 1. The maximum atomic E-state index is 13.8. The highest BCUT2D eigenvalue weighted by atomic mass is 16.3. The molecule has 2 amide bonds. The number of amides is 2. The smallest absolute Gasteiger partial charge is 0.238 e. The minimum absolute atomic E-state index is 0.163. The van der Waals surface area contributed by atoms with E-state index in [1.807, 2.05) is 38.1 Å². The summed E-state index contributed by atoms with van der Waals surface area (Å²) >= 11 is 0. The number of allylic oxidation sites excluding steroid dienone is 6. The first-order valence-electron chi connectivity index (χ1n) is 12.6. The number of phenolic OH excluding ortho intramolecular Hbond substituents is 1. The largest absolute Gasteiger partial charge is 0.507 e. The van der Waals surface area contributed by atoms with Gasteiger partial charge in [0.1, 0.15) is 5.75 Å². The van der Waals surface area contributed by atoms with Crippen molar-refractivity contribution in [2.45, 2.75) is 39.5 Å². The van der Waals surface area contributed by atoms with Crippen LogP contribution in [0.15, 0.2) is 76.9 Å². The Kier molecular flexibility index (Phi) is 5.19. The lowest BCUT2D eigenvalue weighted by molar-refractivity contribution is -0.123. The number of hydrogen-bond acceptors (Lipinski definition) is 5. The summed E-state index contributed by atoms with van der Waals surface area (Å²) in [6.45, 7) is 5.27. The summed E-state index contributed by atoms with van der Waals surface area (Å²) in [6.07, 6.45) is 4.06. The van der Waals surface area contributed by atoms with E-state index in [1.165, 1.54) is 11.0 Å². The number of carbonyl (C=O) groups is 4. The number of carbonyl (C=O) groups excluding carboxylic acids is 4. The summed E-state index contributed by atoms with van der Waals surface area (Å²) in [6, 6.07) is 12.7. The van der Waals surface area contributed by atoms with E-state index in [0.717, 1.165) is 11.1 Å². The number of aryl methyl sites for hydroxylation is 2. The molecular formula is C31H27NO5. The molecule has 37 heavy (non-hydrogen) atoms. The van der Waals surface area contributed by atoms with Crippen LogP contribution in [0, 0.1) is 31.6 Å². The zero-order valence-corrected chi connectivity index (χ0v) is 20.9. The molecule has 1 heterocycles. The summed E-state index contributed by atoms with van der Waals surface area (Å²) < 4.78 is 0. The molecular weight excluding hydrogens is 466 g/mol. The highest BCUT2D eigenvalue weighted by molar-refractivity contribution is 6.25. The molecule has 1 aliphatic heterocycles. The van der Waals surface area contributed by atoms with Crippen molar-refractivity contribution < 1.29 is 24.3 Å². The summed E-state index contributed by atoms with van der Waals surface area (Å²) in [7, 11) is 0. The number of benzene rings is 2. The van der Waals surface area contributed by atoms with Gasteiger partial charge in [0.05, 0.1) is 17.5 Å². The molecule has 0 bridgehead atoms. The Hall–Kier alpha value is -4.06. The molecule has 6 rings (SSSR count). The molecule has 1 saturated heterocycles. The normalized spacial score (nSPS) is 27.1. The van der Waals surface area contributed by atoms with Crippen LogP contribution in [-0.4, -0.2) is 28.5 Å². The Bertz CT molecular complexity index is 1490. The number of phenols is 1. The van der Waals surface area contributed by atoms with Crippen LogP contribution in [0.1, 0.15) is 42.4 Å². The molecule has 1 N–H and O–H groups in total. The molecule has 2 aromatic rings.